The van der Waals surface area contributed by atoms with Gasteiger partial charge in [-0.1, -0.05) is 48.4 Å². The number of hydrogen-bond acceptors (Lipinski definition) is 5. The molecule has 36 heavy (non-hydrogen) atoms. The first kappa shape index (κ1) is 26.1. The van der Waals surface area contributed by atoms with Crippen LogP contribution in [-0.2, 0) is 19.6 Å². The standard InChI is InChI=1S/C27H34N4O4S/c1-4-14-30-18-22(17-27(30)33)28-26(32)19-31(36(3,34)35)23-12-15-29(16-13-23)20(2)24-11-7-9-21-8-5-6-10-25(21)24/h1,5-11,20,22-23H,12-19H2,2-3H3,(H,28,32)/t20-,22?/m1/s1. The fourth-order valence-corrected chi connectivity index (χ4v) is 6.54. The zero-order chi connectivity index (χ0) is 25.9. The van der Waals surface area contributed by atoms with Crippen LogP contribution in [0.1, 0.15) is 37.8 Å². The first-order valence-electron chi connectivity index (χ1n) is 12.4. The van der Waals surface area contributed by atoms with Gasteiger partial charge in [0, 0.05) is 38.1 Å². The Morgan fingerprint density at radius 2 is 1.89 bits per heavy atom. The molecule has 2 amide bonds. The number of carbonyl (C=O) groups is 2. The molecule has 1 N–H and O–H groups in total. The summed E-state index contributed by atoms with van der Waals surface area (Å²) in [5.41, 5.74) is 1.26. The minimum absolute atomic E-state index is 0.106. The molecule has 0 aromatic heterocycles. The van der Waals surface area contributed by atoms with E-state index >= 15 is 0 Å². The molecule has 0 radical (unpaired) electrons. The highest BCUT2D eigenvalue weighted by Crippen LogP contribution is 2.31. The lowest BCUT2D eigenvalue weighted by molar-refractivity contribution is -0.127. The lowest BCUT2D eigenvalue weighted by atomic mass is 9.96. The minimum Gasteiger partial charge on any atom is -0.350 e. The van der Waals surface area contributed by atoms with E-state index in [-0.39, 0.29) is 43.5 Å². The Morgan fingerprint density at radius 1 is 1.19 bits per heavy atom. The number of sulfonamides is 1. The van der Waals surface area contributed by atoms with Gasteiger partial charge in [0.15, 0.2) is 0 Å². The number of rotatable bonds is 8. The average molecular weight is 511 g/mol. The number of amides is 2. The summed E-state index contributed by atoms with van der Waals surface area (Å²) in [5, 5.41) is 5.26. The van der Waals surface area contributed by atoms with E-state index in [9.17, 15) is 18.0 Å². The molecule has 8 nitrogen and oxygen atoms in total. The summed E-state index contributed by atoms with van der Waals surface area (Å²) in [6, 6.07) is 14.3. The summed E-state index contributed by atoms with van der Waals surface area (Å²) in [4.78, 5) is 28.7. The molecule has 192 valence electrons. The van der Waals surface area contributed by atoms with Crippen molar-refractivity contribution in [3.05, 3.63) is 48.0 Å². The molecule has 2 aromatic rings. The van der Waals surface area contributed by atoms with Crippen molar-refractivity contribution in [2.75, 3.05) is 39.0 Å². The van der Waals surface area contributed by atoms with Crippen molar-refractivity contribution < 1.29 is 18.0 Å². The van der Waals surface area contributed by atoms with Gasteiger partial charge in [-0.3, -0.25) is 14.5 Å². The summed E-state index contributed by atoms with van der Waals surface area (Å²) >= 11 is 0. The first-order valence-corrected chi connectivity index (χ1v) is 14.2. The number of fused-ring (bicyclic) bond motifs is 1. The maximum atomic E-state index is 12.8. The zero-order valence-electron chi connectivity index (χ0n) is 20.9. The van der Waals surface area contributed by atoms with Crippen molar-refractivity contribution >= 4 is 32.6 Å². The van der Waals surface area contributed by atoms with Gasteiger partial charge in [-0.05, 0) is 36.1 Å². The smallest absolute Gasteiger partial charge is 0.235 e. The molecular weight excluding hydrogens is 476 g/mol. The van der Waals surface area contributed by atoms with Gasteiger partial charge in [0.2, 0.25) is 21.8 Å². The second-order valence-corrected chi connectivity index (χ2v) is 11.7. The lowest BCUT2D eigenvalue weighted by Crippen LogP contribution is -2.51. The SMILES string of the molecule is C#CCN1CC(NC(=O)CN(C2CCN([C@H](C)c3cccc4ccccc34)CC2)S(C)(=O)=O)CC1=O. The third-order valence-electron chi connectivity index (χ3n) is 7.31. The van der Waals surface area contributed by atoms with Crippen LogP contribution in [0, 0.1) is 12.3 Å². The molecule has 2 heterocycles. The molecule has 1 unspecified atom stereocenters. The van der Waals surface area contributed by atoms with Crippen molar-refractivity contribution in [2.45, 2.75) is 44.3 Å². The van der Waals surface area contributed by atoms with Gasteiger partial charge in [-0.15, -0.1) is 6.42 Å². The highest BCUT2D eigenvalue weighted by atomic mass is 32.2. The van der Waals surface area contributed by atoms with Crippen LogP contribution in [-0.4, -0.2) is 85.4 Å². The number of nitrogens with one attached hydrogen (secondary N) is 1. The van der Waals surface area contributed by atoms with Crippen LogP contribution in [0.2, 0.25) is 0 Å². The quantitative estimate of drug-likeness (QED) is 0.549. The number of likely N-dealkylation sites (tertiary alicyclic amines) is 2. The Labute approximate surface area is 213 Å². The number of terminal acetylenes is 1. The Balaban J connectivity index is 1.37. The molecule has 2 aliphatic heterocycles. The van der Waals surface area contributed by atoms with Crippen molar-refractivity contribution in [1.82, 2.24) is 19.4 Å². The molecular formula is C27H34N4O4S. The van der Waals surface area contributed by atoms with Crippen molar-refractivity contribution in [1.29, 1.82) is 0 Å². The highest BCUT2D eigenvalue weighted by Gasteiger charge is 2.35. The van der Waals surface area contributed by atoms with Crippen LogP contribution in [0.5, 0.6) is 0 Å². The van der Waals surface area contributed by atoms with E-state index in [2.05, 4.69) is 53.4 Å². The van der Waals surface area contributed by atoms with Gasteiger partial charge in [0.25, 0.3) is 0 Å². The van der Waals surface area contributed by atoms with Crippen LogP contribution in [0.25, 0.3) is 10.8 Å². The second-order valence-electron chi connectivity index (χ2n) is 9.77. The Kier molecular flexibility index (Phi) is 7.98. The average Bonchev–Trinajstić information content (AvgIpc) is 3.19. The molecule has 0 spiro atoms. The number of nitrogens with zero attached hydrogens (tertiary/aromatic N) is 3. The fraction of sp³-hybridized carbons (Fsp3) is 0.481. The van der Waals surface area contributed by atoms with Crippen LogP contribution < -0.4 is 5.32 Å². The molecule has 4 rings (SSSR count). The Hall–Kier alpha value is -2.93. The second kappa shape index (κ2) is 11.0. The van der Waals surface area contributed by atoms with Gasteiger partial charge in [-0.2, -0.15) is 4.31 Å². The Bertz CT molecular complexity index is 1260. The Morgan fingerprint density at radius 3 is 2.58 bits per heavy atom. The van der Waals surface area contributed by atoms with E-state index < -0.39 is 15.9 Å². The van der Waals surface area contributed by atoms with E-state index in [0.29, 0.717) is 19.4 Å². The van der Waals surface area contributed by atoms with E-state index in [1.165, 1.54) is 25.5 Å². The third-order valence-corrected chi connectivity index (χ3v) is 8.59. The van der Waals surface area contributed by atoms with Gasteiger partial charge < -0.3 is 10.2 Å². The summed E-state index contributed by atoms with van der Waals surface area (Å²) < 4.78 is 26.6. The number of hydrogen-bond donors (Lipinski definition) is 1. The summed E-state index contributed by atoms with van der Waals surface area (Å²) in [6.07, 6.45) is 7.91. The van der Waals surface area contributed by atoms with Crippen molar-refractivity contribution in [2.24, 2.45) is 0 Å². The predicted octanol–water partition coefficient (Wildman–Crippen LogP) is 1.98. The minimum atomic E-state index is -3.59. The maximum absolute atomic E-state index is 12.8. The van der Waals surface area contributed by atoms with Crippen molar-refractivity contribution in [3.8, 4) is 12.3 Å². The van der Waals surface area contributed by atoms with Crippen molar-refractivity contribution in [3.63, 3.8) is 0 Å². The molecule has 0 bridgehead atoms. The van der Waals surface area contributed by atoms with Gasteiger partial charge in [-0.25, -0.2) is 8.42 Å². The topological polar surface area (TPSA) is 90.0 Å². The summed E-state index contributed by atoms with van der Waals surface area (Å²) in [5.74, 6) is 1.94. The fourth-order valence-electron chi connectivity index (χ4n) is 5.44. The maximum Gasteiger partial charge on any atom is 0.235 e. The predicted molar refractivity (Wildman–Crippen MR) is 140 cm³/mol. The van der Waals surface area contributed by atoms with Crippen LogP contribution in [0.4, 0.5) is 0 Å². The zero-order valence-corrected chi connectivity index (χ0v) is 21.7. The van der Waals surface area contributed by atoms with E-state index in [1.54, 1.807) is 0 Å². The molecule has 2 saturated heterocycles. The normalized spacial score (nSPS) is 20.6. The third kappa shape index (κ3) is 5.89. The number of piperidine rings is 1. The molecule has 9 heteroatoms. The summed E-state index contributed by atoms with van der Waals surface area (Å²) in [7, 11) is -3.59. The van der Waals surface area contributed by atoms with Gasteiger partial charge in [0.05, 0.1) is 25.4 Å². The lowest BCUT2D eigenvalue weighted by Gasteiger charge is -2.40. The molecule has 0 aliphatic carbocycles. The monoisotopic (exact) mass is 510 g/mol. The molecule has 2 aliphatic rings. The van der Waals surface area contributed by atoms with E-state index in [1.807, 2.05) is 12.1 Å². The first-order chi connectivity index (χ1) is 17.2. The molecule has 0 saturated carbocycles. The van der Waals surface area contributed by atoms with E-state index in [4.69, 9.17) is 6.42 Å². The largest absolute Gasteiger partial charge is 0.350 e. The molecule has 2 aromatic carbocycles. The molecule has 2 atom stereocenters. The number of carbonyl (C=O) groups excluding carboxylic acids is 2. The highest BCUT2D eigenvalue weighted by molar-refractivity contribution is 7.88. The number of benzene rings is 2. The van der Waals surface area contributed by atoms with Crippen LogP contribution in [0.15, 0.2) is 42.5 Å². The van der Waals surface area contributed by atoms with Crippen LogP contribution >= 0.6 is 0 Å². The van der Waals surface area contributed by atoms with E-state index in [0.717, 1.165) is 19.3 Å². The van der Waals surface area contributed by atoms with Crippen LogP contribution in [0.3, 0.4) is 0 Å². The summed E-state index contributed by atoms with van der Waals surface area (Å²) in [6.45, 7) is 3.97. The van der Waals surface area contributed by atoms with Gasteiger partial charge in [0.1, 0.15) is 0 Å². The van der Waals surface area contributed by atoms with Gasteiger partial charge >= 0.3 is 0 Å². The molecule has 2 fully saturated rings.